The first kappa shape index (κ1) is 20.0. The Labute approximate surface area is 194 Å². The number of carbonyl (C=O) groups is 3. The van der Waals surface area contributed by atoms with Gasteiger partial charge in [-0.25, -0.2) is 4.90 Å². The summed E-state index contributed by atoms with van der Waals surface area (Å²) in [6.45, 7) is 0.637. The Hall–Kier alpha value is -2.61. The van der Waals surface area contributed by atoms with Crippen molar-refractivity contribution < 1.29 is 19.1 Å². The van der Waals surface area contributed by atoms with Crippen LogP contribution in [-0.4, -0.2) is 42.3 Å². The van der Waals surface area contributed by atoms with Crippen molar-refractivity contribution in [3.05, 3.63) is 52.0 Å². The Morgan fingerprint density at radius 3 is 2.59 bits per heavy atom. The van der Waals surface area contributed by atoms with Gasteiger partial charge in [0.05, 0.1) is 24.6 Å². The second-order valence-electron chi connectivity index (χ2n) is 8.64. The highest BCUT2D eigenvalue weighted by Gasteiger charge is 2.74. The Bertz CT molecular complexity index is 1220. The van der Waals surface area contributed by atoms with E-state index in [0.29, 0.717) is 39.3 Å². The van der Waals surface area contributed by atoms with Gasteiger partial charge in [0.2, 0.25) is 17.7 Å². The molecule has 0 unspecified atom stereocenters. The average molecular weight is 472 g/mol. The number of fused-ring (bicyclic) bond motifs is 7. The van der Waals surface area contributed by atoms with Crippen LogP contribution < -0.4 is 15.0 Å². The van der Waals surface area contributed by atoms with Crippen molar-refractivity contribution in [3.63, 3.8) is 0 Å². The summed E-state index contributed by atoms with van der Waals surface area (Å²) in [7, 11) is 1.47. The van der Waals surface area contributed by atoms with Gasteiger partial charge in [-0.3, -0.25) is 19.3 Å². The first-order valence-electron chi connectivity index (χ1n) is 10.5. The largest absolute Gasteiger partial charge is 0.495 e. The predicted octanol–water partition coefficient (Wildman–Crippen LogP) is 3.43. The highest BCUT2D eigenvalue weighted by molar-refractivity contribution is 6.32. The normalized spacial score (nSPS) is 30.7. The lowest BCUT2D eigenvalue weighted by Crippen LogP contribution is -2.54. The van der Waals surface area contributed by atoms with Crippen LogP contribution in [0, 0.1) is 11.8 Å². The molecule has 3 saturated heterocycles. The van der Waals surface area contributed by atoms with E-state index in [-0.39, 0.29) is 17.9 Å². The lowest BCUT2D eigenvalue weighted by atomic mass is 9.75. The van der Waals surface area contributed by atoms with Crippen LogP contribution >= 0.6 is 23.2 Å². The summed E-state index contributed by atoms with van der Waals surface area (Å²) >= 11 is 12.5. The van der Waals surface area contributed by atoms with Crippen molar-refractivity contribution in [2.75, 3.05) is 23.9 Å². The highest BCUT2D eigenvalue weighted by atomic mass is 35.5. The Kier molecular flexibility index (Phi) is 4.19. The number of nitrogens with one attached hydrogen (secondary N) is 1. The van der Waals surface area contributed by atoms with E-state index in [1.54, 1.807) is 36.4 Å². The second kappa shape index (κ2) is 6.70. The van der Waals surface area contributed by atoms with Crippen LogP contribution in [0.3, 0.4) is 0 Å². The number of nitrogens with zero attached hydrogens (tertiary/aromatic N) is 2. The molecule has 7 nitrogen and oxygen atoms in total. The van der Waals surface area contributed by atoms with Gasteiger partial charge in [0.25, 0.3) is 0 Å². The number of imide groups is 1. The number of hydrogen-bond donors (Lipinski definition) is 1. The van der Waals surface area contributed by atoms with Crippen molar-refractivity contribution in [1.29, 1.82) is 0 Å². The van der Waals surface area contributed by atoms with E-state index < -0.39 is 23.3 Å². The molecule has 0 aromatic heterocycles. The molecule has 0 bridgehead atoms. The van der Waals surface area contributed by atoms with E-state index in [2.05, 4.69) is 10.2 Å². The van der Waals surface area contributed by atoms with E-state index in [1.165, 1.54) is 7.11 Å². The van der Waals surface area contributed by atoms with Crippen LogP contribution in [0.25, 0.3) is 0 Å². The molecule has 0 radical (unpaired) electrons. The molecule has 0 aliphatic carbocycles. The first-order chi connectivity index (χ1) is 15.4. The number of methoxy groups -OCH3 is 1. The number of hydrogen-bond acceptors (Lipinski definition) is 5. The molecule has 164 valence electrons. The zero-order valence-electron chi connectivity index (χ0n) is 17.1. The summed E-state index contributed by atoms with van der Waals surface area (Å²) < 4.78 is 5.42. The van der Waals surface area contributed by atoms with E-state index in [1.807, 2.05) is 0 Å². The van der Waals surface area contributed by atoms with Gasteiger partial charge in [-0.1, -0.05) is 23.2 Å². The van der Waals surface area contributed by atoms with Crippen LogP contribution in [0.5, 0.6) is 5.75 Å². The Morgan fingerprint density at radius 1 is 1.06 bits per heavy atom. The summed E-state index contributed by atoms with van der Waals surface area (Å²) in [5.74, 6) is -2.15. The van der Waals surface area contributed by atoms with Crippen molar-refractivity contribution in [1.82, 2.24) is 4.90 Å². The maximum atomic E-state index is 14.0. The molecule has 3 amide bonds. The number of carbonyl (C=O) groups excluding carboxylic acids is 3. The zero-order chi connectivity index (χ0) is 22.4. The fourth-order valence-corrected chi connectivity index (χ4v) is 6.59. The molecule has 4 aliphatic rings. The van der Waals surface area contributed by atoms with Gasteiger partial charge in [0.1, 0.15) is 11.3 Å². The molecule has 4 aliphatic heterocycles. The number of benzene rings is 2. The minimum absolute atomic E-state index is 0.206. The fourth-order valence-electron chi connectivity index (χ4n) is 6.25. The third-order valence-corrected chi connectivity index (χ3v) is 7.81. The van der Waals surface area contributed by atoms with E-state index in [4.69, 9.17) is 27.9 Å². The highest BCUT2D eigenvalue weighted by Crippen LogP contribution is 2.61. The summed E-state index contributed by atoms with van der Waals surface area (Å²) in [5.41, 5.74) is 0.327. The van der Waals surface area contributed by atoms with Gasteiger partial charge >= 0.3 is 0 Å². The Balaban J connectivity index is 1.57. The van der Waals surface area contributed by atoms with Gasteiger partial charge in [-0.15, -0.1) is 0 Å². The van der Waals surface area contributed by atoms with Crippen LogP contribution in [0.4, 0.5) is 11.4 Å². The van der Waals surface area contributed by atoms with Crippen molar-refractivity contribution in [2.45, 2.75) is 24.4 Å². The molecule has 2 aromatic carbocycles. The molecule has 3 fully saturated rings. The lowest BCUT2D eigenvalue weighted by molar-refractivity contribution is -0.135. The maximum absolute atomic E-state index is 14.0. The maximum Gasteiger partial charge on any atom is 0.250 e. The summed E-state index contributed by atoms with van der Waals surface area (Å²) in [6, 6.07) is 9.81. The van der Waals surface area contributed by atoms with Crippen LogP contribution in [0.2, 0.25) is 10.0 Å². The minimum atomic E-state index is -1.26. The smallest absolute Gasteiger partial charge is 0.250 e. The molecular weight excluding hydrogens is 453 g/mol. The van der Waals surface area contributed by atoms with Gasteiger partial charge in [-0.05, 0) is 55.8 Å². The van der Waals surface area contributed by atoms with Crippen molar-refractivity contribution in [3.8, 4) is 5.75 Å². The summed E-state index contributed by atoms with van der Waals surface area (Å²) in [6.07, 6.45) is 1.59. The molecule has 9 heteroatoms. The third-order valence-electron chi connectivity index (χ3n) is 7.34. The summed E-state index contributed by atoms with van der Waals surface area (Å²) in [5, 5.41) is 3.79. The van der Waals surface area contributed by atoms with E-state index >= 15 is 0 Å². The fraction of sp³-hybridized carbons (Fsp3) is 0.348. The average Bonchev–Trinajstić information content (AvgIpc) is 3.46. The molecule has 4 atom stereocenters. The van der Waals surface area contributed by atoms with Gasteiger partial charge in [-0.2, -0.15) is 0 Å². The zero-order valence-corrected chi connectivity index (χ0v) is 18.6. The monoisotopic (exact) mass is 471 g/mol. The molecule has 0 saturated carbocycles. The van der Waals surface area contributed by atoms with Gasteiger partial charge in [0.15, 0.2) is 0 Å². The lowest BCUT2D eigenvalue weighted by Gasteiger charge is -2.36. The predicted molar refractivity (Wildman–Crippen MR) is 119 cm³/mol. The molecule has 32 heavy (non-hydrogen) atoms. The topological polar surface area (TPSA) is 79.0 Å². The van der Waals surface area contributed by atoms with Crippen molar-refractivity contribution in [2.24, 2.45) is 11.8 Å². The number of anilines is 2. The number of halogens is 2. The quantitative estimate of drug-likeness (QED) is 0.678. The third kappa shape index (κ3) is 2.28. The standard InChI is InChI=1S/C23H19Cl2N3O4/c1-32-17-7-5-12(25)10-16(17)28-20(29)18-15-3-2-8-27(15)23(19(18)21(28)30)13-9-11(24)4-6-14(13)26-22(23)31/h4-7,9-10,15,18-19H,2-3,8H2,1H3,(H,26,31)/t15-,18+,19+,23-/m1/s1. The Morgan fingerprint density at radius 2 is 1.81 bits per heavy atom. The molecule has 1 spiro atoms. The molecule has 6 rings (SSSR count). The van der Waals surface area contributed by atoms with Crippen LogP contribution in [0.15, 0.2) is 36.4 Å². The van der Waals surface area contributed by atoms with E-state index in [0.717, 1.165) is 17.7 Å². The van der Waals surface area contributed by atoms with Gasteiger partial charge < -0.3 is 10.1 Å². The minimum Gasteiger partial charge on any atom is -0.495 e. The number of ether oxygens (including phenoxy) is 1. The molecule has 2 aromatic rings. The first-order valence-corrected chi connectivity index (χ1v) is 11.2. The SMILES string of the molecule is COc1ccc(Cl)cc1N1C(=O)[C@H]2[C@H]3CCCN3[C@@]3(C(=O)Nc4ccc(Cl)cc43)[C@@H]2C1=O. The summed E-state index contributed by atoms with van der Waals surface area (Å²) in [4.78, 5) is 44.6. The number of rotatable bonds is 2. The van der Waals surface area contributed by atoms with Crippen LogP contribution in [0.1, 0.15) is 18.4 Å². The molecule has 4 heterocycles. The van der Waals surface area contributed by atoms with E-state index in [9.17, 15) is 14.4 Å². The molecular formula is C23H19Cl2N3O4. The number of amides is 3. The van der Waals surface area contributed by atoms with Gasteiger partial charge in [0, 0.05) is 27.3 Å². The van der Waals surface area contributed by atoms with Crippen LogP contribution in [-0.2, 0) is 19.9 Å². The second-order valence-corrected chi connectivity index (χ2v) is 9.52. The molecule has 1 N–H and O–H groups in total. The van der Waals surface area contributed by atoms with Crippen molar-refractivity contribution >= 4 is 52.3 Å².